The van der Waals surface area contributed by atoms with Crippen molar-refractivity contribution in [2.45, 2.75) is 33.3 Å². The fourth-order valence-corrected chi connectivity index (χ4v) is 3.34. The number of imide groups is 1. The Hall–Kier alpha value is -3.52. The van der Waals surface area contributed by atoms with Gasteiger partial charge in [0.05, 0.1) is 11.7 Å². The Balaban J connectivity index is 1.90. The number of hydrogen-bond donors (Lipinski definition) is 2. The van der Waals surface area contributed by atoms with Crippen molar-refractivity contribution in [1.82, 2.24) is 4.90 Å². The van der Waals surface area contributed by atoms with Gasteiger partial charge in [-0.25, -0.2) is 4.39 Å². The molecule has 1 aliphatic rings. The van der Waals surface area contributed by atoms with Crippen LogP contribution in [0.3, 0.4) is 0 Å². The summed E-state index contributed by atoms with van der Waals surface area (Å²) in [6, 6.07) is 12.3. The summed E-state index contributed by atoms with van der Waals surface area (Å²) in [5, 5.41) is 5.59. The van der Waals surface area contributed by atoms with Crippen molar-refractivity contribution in [2.24, 2.45) is 0 Å². The minimum atomic E-state index is -0.482. The van der Waals surface area contributed by atoms with E-state index in [1.54, 1.807) is 30.3 Å². The molecule has 0 saturated heterocycles. The van der Waals surface area contributed by atoms with Gasteiger partial charge in [-0.05, 0) is 56.2 Å². The van der Waals surface area contributed by atoms with Crippen molar-refractivity contribution in [3.05, 3.63) is 65.6 Å². The van der Waals surface area contributed by atoms with E-state index in [4.69, 9.17) is 4.74 Å². The van der Waals surface area contributed by atoms with Gasteiger partial charge in [-0.1, -0.05) is 18.2 Å². The second-order valence-electron chi connectivity index (χ2n) is 7.68. The highest BCUT2D eigenvalue weighted by atomic mass is 19.1. The number of nitrogens with one attached hydrogen (secondary N) is 2. The Morgan fingerprint density at radius 2 is 1.78 bits per heavy atom. The summed E-state index contributed by atoms with van der Waals surface area (Å²) in [7, 11) is 0. The lowest BCUT2D eigenvalue weighted by atomic mass is 10.0. The van der Waals surface area contributed by atoms with E-state index in [1.807, 2.05) is 13.8 Å². The van der Waals surface area contributed by atoms with Gasteiger partial charge < -0.3 is 15.4 Å². The Morgan fingerprint density at radius 1 is 1.06 bits per heavy atom. The Morgan fingerprint density at radius 3 is 2.41 bits per heavy atom. The van der Waals surface area contributed by atoms with Crippen LogP contribution in [-0.2, 0) is 19.1 Å². The van der Waals surface area contributed by atoms with Crippen LogP contribution in [0.5, 0.6) is 0 Å². The molecule has 168 valence electrons. The number of nitrogens with zero attached hydrogens (tertiary/aromatic N) is 1. The fraction of sp³-hybridized carbons (Fsp3) is 0.292. The van der Waals surface area contributed by atoms with Crippen LogP contribution in [0.2, 0.25) is 0 Å². The first-order valence-electron chi connectivity index (χ1n) is 10.4. The molecule has 0 fully saturated rings. The molecule has 8 heteroatoms. The third-order valence-electron chi connectivity index (χ3n) is 4.73. The first-order chi connectivity index (χ1) is 15.3. The summed E-state index contributed by atoms with van der Waals surface area (Å²) in [5.74, 6) is -1.60. The maximum absolute atomic E-state index is 13.7. The third-order valence-corrected chi connectivity index (χ3v) is 4.73. The van der Waals surface area contributed by atoms with Crippen LogP contribution in [0, 0.1) is 5.82 Å². The molecule has 2 aromatic rings. The Labute approximate surface area is 186 Å². The molecule has 0 aromatic heterocycles. The second-order valence-corrected chi connectivity index (χ2v) is 7.68. The highest BCUT2D eigenvalue weighted by molar-refractivity contribution is 6.36. The molecule has 32 heavy (non-hydrogen) atoms. The van der Waals surface area contributed by atoms with Gasteiger partial charge in [0.25, 0.3) is 11.8 Å². The number of anilines is 2. The first-order valence-corrected chi connectivity index (χ1v) is 10.4. The van der Waals surface area contributed by atoms with Gasteiger partial charge in [0.2, 0.25) is 5.91 Å². The van der Waals surface area contributed by atoms with Gasteiger partial charge in [-0.15, -0.1) is 0 Å². The van der Waals surface area contributed by atoms with Gasteiger partial charge in [0.1, 0.15) is 11.5 Å². The van der Waals surface area contributed by atoms with E-state index in [0.29, 0.717) is 30.0 Å². The largest absolute Gasteiger partial charge is 0.379 e. The predicted molar refractivity (Wildman–Crippen MR) is 120 cm³/mol. The van der Waals surface area contributed by atoms with Gasteiger partial charge in [-0.2, -0.15) is 0 Å². The zero-order valence-electron chi connectivity index (χ0n) is 18.3. The molecule has 0 spiro atoms. The number of benzene rings is 2. The molecule has 0 saturated carbocycles. The molecule has 3 amide bonds. The number of amides is 3. The SMILES string of the molecule is CC(=O)Nc1ccc(C2=C(Nc3cccc(F)c3)C(=O)N(CCCOC(C)C)C2=O)cc1. The lowest BCUT2D eigenvalue weighted by molar-refractivity contribution is -0.137. The average Bonchev–Trinajstić information content (AvgIpc) is 2.95. The summed E-state index contributed by atoms with van der Waals surface area (Å²) >= 11 is 0. The molecule has 2 aromatic carbocycles. The number of carbonyl (C=O) groups excluding carboxylic acids is 3. The summed E-state index contributed by atoms with van der Waals surface area (Å²) in [5.41, 5.74) is 1.72. The van der Waals surface area contributed by atoms with Crippen LogP contribution in [0.15, 0.2) is 54.2 Å². The molecule has 0 radical (unpaired) electrons. The number of halogens is 1. The van der Waals surface area contributed by atoms with Crippen molar-refractivity contribution >= 4 is 34.7 Å². The molecular formula is C24H26FN3O4. The summed E-state index contributed by atoms with van der Waals surface area (Å²) in [6.07, 6.45) is 0.554. The van der Waals surface area contributed by atoms with Crippen LogP contribution in [0.4, 0.5) is 15.8 Å². The van der Waals surface area contributed by atoms with E-state index < -0.39 is 17.6 Å². The molecule has 0 bridgehead atoms. The van der Waals surface area contributed by atoms with E-state index in [1.165, 1.54) is 30.0 Å². The topological polar surface area (TPSA) is 87.7 Å². The van der Waals surface area contributed by atoms with Gasteiger partial charge in [-0.3, -0.25) is 19.3 Å². The summed E-state index contributed by atoms with van der Waals surface area (Å²) in [6.45, 7) is 5.85. The van der Waals surface area contributed by atoms with E-state index in [0.717, 1.165) is 0 Å². The minimum absolute atomic E-state index is 0.0565. The molecule has 2 N–H and O–H groups in total. The fourth-order valence-electron chi connectivity index (χ4n) is 3.34. The highest BCUT2D eigenvalue weighted by Crippen LogP contribution is 2.31. The Bertz CT molecular complexity index is 1050. The molecule has 0 aliphatic carbocycles. The quantitative estimate of drug-likeness (QED) is 0.459. The van der Waals surface area contributed by atoms with Crippen molar-refractivity contribution in [1.29, 1.82) is 0 Å². The number of hydrogen-bond acceptors (Lipinski definition) is 5. The molecule has 3 rings (SSSR count). The maximum atomic E-state index is 13.7. The van der Waals surface area contributed by atoms with Crippen molar-refractivity contribution < 1.29 is 23.5 Å². The molecule has 7 nitrogen and oxygen atoms in total. The van der Waals surface area contributed by atoms with Crippen molar-refractivity contribution in [3.8, 4) is 0 Å². The molecule has 0 atom stereocenters. The highest BCUT2D eigenvalue weighted by Gasteiger charge is 2.38. The normalized spacial score (nSPS) is 13.8. The third kappa shape index (κ3) is 5.59. The smallest absolute Gasteiger partial charge is 0.278 e. The molecule has 1 heterocycles. The van der Waals surface area contributed by atoms with E-state index in [2.05, 4.69) is 10.6 Å². The zero-order chi connectivity index (χ0) is 23.3. The minimum Gasteiger partial charge on any atom is -0.379 e. The number of rotatable bonds is 9. The van der Waals surface area contributed by atoms with Crippen LogP contribution >= 0.6 is 0 Å². The van der Waals surface area contributed by atoms with E-state index in [-0.39, 0.29) is 29.8 Å². The first kappa shape index (κ1) is 23.1. The van der Waals surface area contributed by atoms with Gasteiger partial charge in [0.15, 0.2) is 0 Å². The summed E-state index contributed by atoms with van der Waals surface area (Å²) in [4.78, 5) is 38.8. The number of ether oxygens (including phenoxy) is 1. The van der Waals surface area contributed by atoms with Crippen LogP contribution in [0.1, 0.15) is 32.8 Å². The lowest BCUT2D eigenvalue weighted by Crippen LogP contribution is -2.34. The standard InChI is InChI=1S/C24H26FN3O4/c1-15(2)32-13-5-12-28-23(30)21(17-8-10-19(11-9-17)26-16(3)29)22(24(28)31)27-20-7-4-6-18(25)14-20/h4,6-11,14-15,27H,5,12-13H2,1-3H3,(H,26,29). The maximum Gasteiger partial charge on any atom is 0.278 e. The molecule has 1 aliphatic heterocycles. The van der Waals surface area contributed by atoms with E-state index >= 15 is 0 Å². The van der Waals surface area contributed by atoms with Crippen LogP contribution in [0.25, 0.3) is 5.57 Å². The lowest BCUT2D eigenvalue weighted by Gasteiger charge is -2.16. The second kappa shape index (κ2) is 10.2. The monoisotopic (exact) mass is 439 g/mol. The van der Waals surface area contributed by atoms with E-state index in [9.17, 15) is 18.8 Å². The van der Waals surface area contributed by atoms with Crippen molar-refractivity contribution in [2.75, 3.05) is 23.8 Å². The average molecular weight is 439 g/mol. The zero-order valence-corrected chi connectivity index (χ0v) is 18.3. The van der Waals surface area contributed by atoms with Gasteiger partial charge >= 0.3 is 0 Å². The number of carbonyl (C=O) groups is 3. The molecule has 0 unspecified atom stereocenters. The summed E-state index contributed by atoms with van der Waals surface area (Å²) < 4.78 is 19.2. The predicted octanol–water partition coefficient (Wildman–Crippen LogP) is 3.79. The van der Waals surface area contributed by atoms with Crippen molar-refractivity contribution in [3.63, 3.8) is 0 Å². The Kier molecular flexibility index (Phi) is 7.37. The molecular weight excluding hydrogens is 413 g/mol. The van der Waals surface area contributed by atoms with Crippen LogP contribution < -0.4 is 10.6 Å². The van der Waals surface area contributed by atoms with Gasteiger partial charge in [0, 0.05) is 31.5 Å². The van der Waals surface area contributed by atoms with Crippen LogP contribution in [-0.4, -0.2) is 41.9 Å².